The molecule has 2 aromatic rings. The van der Waals surface area contributed by atoms with Crippen molar-refractivity contribution in [2.24, 2.45) is 0 Å². The van der Waals surface area contributed by atoms with Crippen LogP contribution in [-0.4, -0.2) is 80.2 Å². The molecule has 2 fully saturated rings. The smallest absolute Gasteiger partial charge is 0.303 e. The van der Waals surface area contributed by atoms with Gasteiger partial charge in [0, 0.05) is 55.6 Å². The Kier molecular flexibility index (Phi) is 9.94. The first-order chi connectivity index (χ1) is 19.4. The Morgan fingerprint density at radius 3 is 2.40 bits per heavy atom. The van der Waals surface area contributed by atoms with Crippen molar-refractivity contribution in [2.75, 3.05) is 51.3 Å². The number of esters is 1. The summed E-state index contributed by atoms with van der Waals surface area (Å²) in [4.78, 5) is 34.2. The van der Waals surface area contributed by atoms with Crippen LogP contribution in [0.4, 0.5) is 5.69 Å². The number of amides is 1. The number of carbonyl (C=O) groups is 2. The quantitative estimate of drug-likeness (QED) is 0.363. The Hall–Kier alpha value is -2.26. The van der Waals surface area contributed by atoms with Gasteiger partial charge >= 0.3 is 5.97 Å². The Labute approximate surface area is 247 Å². The number of methoxy groups -OCH3 is 1. The summed E-state index contributed by atoms with van der Waals surface area (Å²) in [7, 11) is 1.62. The van der Waals surface area contributed by atoms with E-state index in [0.29, 0.717) is 11.6 Å². The molecule has 2 aliphatic heterocycles. The van der Waals surface area contributed by atoms with E-state index in [0.717, 1.165) is 67.1 Å². The zero-order chi connectivity index (χ0) is 28.1. The van der Waals surface area contributed by atoms with Crippen LogP contribution in [0.25, 0.3) is 0 Å². The third-order valence-electron chi connectivity index (χ3n) is 8.34. The van der Waals surface area contributed by atoms with E-state index in [-0.39, 0.29) is 5.91 Å². The number of nitrogens with zero attached hydrogens (tertiary/aromatic N) is 3. The van der Waals surface area contributed by atoms with Crippen molar-refractivity contribution in [3.8, 4) is 5.75 Å². The fourth-order valence-electron chi connectivity index (χ4n) is 6.21. The van der Waals surface area contributed by atoms with E-state index in [1.807, 2.05) is 42.5 Å². The van der Waals surface area contributed by atoms with Gasteiger partial charge in [0.25, 0.3) is 5.91 Å². The fourth-order valence-corrected chi connectivity index (χ4v) is 7.81. The molecule has 3 aliphatic rings. The number of thioether (sulfide) groups is 1. The maximum absolute atomic E-state index is 14.1. The number of piperazine rings is 1. The van der Waals surface area contributed by atoms with Gasteiger partial charge in [0.2, 0.25) is 0 Å². The van der Waals surface area contributed by atoms with Crippen LogP contribution < -0.4 is 9.64 Å². The second-order valence-electron chi connectivity index (χ2n) is 11.0. The summed E-state index contributed by atoms with van der Waals surface area (Å²) in [5.41, 5.74) is 1.70. The molecule has 0 N–H and O–H groups in total. The van der Waals surface area contributed by atoms with E-state index >= 15 is 0 Å². The summed E-state index contributed by atoms with van der Waals surface area (Å²) >= 11 is 7.92. The second kappa shape index (κ2) is 13.6. The maximum atomic E-state index is 14.1. The lowest BCUT2D eigenvalue weighted by molar-refractivity contribution is -0.152. The molecule has 2 heterocycles. The van der Waals surface area contributed by atoms with Crippen molar-refractivity contribution < 1.29 is 19.1 Å². The van der Waals surface area contributed by atoms with Crippen LogP contribution >= 0.6 is 23.4 Å². The van der Waals surface area contributed by atoms with Gasteiger partial charge in [-0.1, -0.05) is 43.0 Å². The van der Waals surface area contributed by atoms with Gasteiger partial charge in [-0.25, -0.2) is 0 Å². The zero-order valence-corrected chi connectivity index (χ0v) is 25.1. The van der Waals surface area contributed by atoms with E-state index in [4.69, 9.17) is 21.1 Å². The van der Waals surface area contributed by atoms with Gasteiger partial charge < -0.3 is 19.3 Å². The molecular weight excluding hydrogens is 546 g/mol. The number of rotatable bonds is 8. The summed E-state index contributed by atoms with van der Waals surface area (Å²) in [5.74, 6) is 0.0475. The van der Waals surface area contributed by atoms with E-state index in [9.17, 15) is 9.59 Å². The zero-order valence-electron chi connectivity index (χ0n) is 23.5. The Morgan fingerprint density at radius 1 is 1.00 bits per heavy atom. The first kappa shape index (κ1) is 29.2. The fraction of sp³-hybridized carbons (Fsp3) is 0.548. The molecule has 5 rings (SSSR count). The van der Waals surface area contributed by atoms with Crippen LogP contribution in [0.1, 0.15) is 56.3 Å². The SMILES string of the molecule is COc1ccc([C@@H]2Sc3cc(Cl)ccc3N(CCCN3CCN(C4CCCCC4)CC3)C(=O)C2OC(C)=O)cc1. The number of anilines is 1. The molecule has 2 atom stereocenters. The van der Waals surface area contributed by atoms with Crippen LogP contribution in [0.5, 0.6) is 5.75 Å². The largest absolute Gasteiger partial charge is 0.497 e. The highest BCUT2D eigenvalue weighted by Gasteiger charge is 2.41. The van der Waals surface area contributed by atoms with Crippen LogP contribution in [0.3, 0.4) is 0 Å². The number of benzene rings is 2. The number of halogens is 1. The minimum absolute atomic E-state index is 0.202. The third kappa shape index (κ3) is 6.96. The molecular formula is C31H40ClN3O4S. The molecule has 0 bridgehead atoms. The Morgan fingerprint density at radius 2 is 1.73 bits per heavy atom. The molecule has 1 aliphatic carbocycles. The van der Waals surface area contributed by atoms with Crippen molar-refractivity contribution in [3.05, 3.63) is 53.1 Å². The molecule has 2 aromatic carbocycles. The molecule has 1 unspecified atom stereocenters. The first-order valence-corrected chi connectivity index (χ1v) is 15.7. The summed E-state index contributed by atoms with van der Waals surface area (Å²) in [5, 5.41) is 0.186. The highest BCUT2D eigenvalue weighted by atomic mass is 35.5. The maximum Gasteiger partial charge on any atom is 0.303 e. The summed E-state index contributed by atoms with van der Waals surface area (Å²) in [6.07, 6.45) is 6.70. The molecule has 7 nitrogen and oxygen atoms in total. The van der Waals surface area contributed by atoms with E-state index in [1.54, 1.807) is 12.0 Å². The molecule has 1 saturated heterocycles. The van der Waals surface area contributed by atoms with Crippen LogP contribution in [-0.2, 0) is 14.3 Å². The van der Waals surface area contributed by atoms with Gasteiger partial charge in [-0.3, -0.25) is 14.5 Å². The molecule has 1 amide bonds. The highest BCUT2D eigenvalue weighted by molar-refractivity contribution is 7.99. The van der Waals surface area contributed by atoms with Gasteiger partial charge in [-0.05, 0) is 61.7 Å². The molecule has 0 radical (unpaired) electrons. The number of hydrogen-bond donors (Lipinski definition) is 0. The normalized spacial score (nSPS) is 23.0. The Balaban J connectivity index is 1.30. The van der Waals surface area contributed by atoms with Gasteiger partial charge in [0.15, 0.2) is 6.10 Å². The number of hydrogen-bond acceptors (Lipinski definition) is 7. The van der Waals surface area contributed by atoms with Gasteiger partial charge in [0.1, 0.15) is 5.75 Å². The molecule has 216 valence electrons. The number of fused-ring (bicyclic) bond motifs is 1. The lowest BCUT2D eigenvalue weighted by atomic mass is 9.94. The first-order valence-electron chi connectivity index (χ1n) is 14.5. The number of ether oxygens (including phenoxy) is 2. The predicted octanol–water partition coefficient (Wildman–Crippen LogP) is 5.80. The molecule has 0 aromatic heterocycles. The third-order valence-corrected chi connectivity index (χ3v) is 9.93. The van der Waals surface area contributed by atoms with Gasteiger partial charge in [-0.2, -0.15) is 0 Å². The van der Waals surface area contributed by atoms with Crippen LogP contribution in [0.2, 0.25) is 5.02 Å². The summed E-state index contributed by atoms with van der Waals surface area (Å²) in [6, 6.07) is 14.0. The van der Waals surface area contributed by atoms with E-state index in [2.05, 4.69) is 9.80 Å². The highest BCUT2D eigenvalue weighted by Crippen LogP contribution is 2.47. The predicted molar refractivity (Wildman–Crippen MR) is 160 cm³/mol. The van der Waals surface area contributed by atoms with Crippen molar-refractivity contribution in [2.45, 2.75) is 67.7 Å². The average molecular weight is 586 g/mol. The van der Waals surface area contributed by atoms with Crippen molar-refractivity contribution in [1.82, 2.24) is 9.80 Å². The van der Waals surface area contributed by atoms with Crippen molar-refractivity contribution in [1.29, 1.82) is 0 Å². The van der Waals surface area contributed by atoms with Crippen LogP contribution in [0.15, 0.2) is 47.4 Å². The minimum atomic E-state index is -0.957. The van der Waals surface area contributed by atoms with Crippen LogP contribution in [0, 0.1) is 0 Å². The van der Waals surface area contributed by atoms with Gasteiger partial charge in [0.05, 0.1) is 18.0 Å². The monoisotopic (exact) mass is 585 g/mol. The average Bonchev–Trinajstić information content (AvgIpc) is 3.08. The standard InChI is InChI=1S/C31H40ClN3O4S/c1-22(36)39-29-30(23-9-12-26(38-2)13-10-23)40-28-21-24(32)11-14-27(28)35(31(29)37)16-6-15-33-17-19-34(20-18-33)25-7-4-3-5-8-25/h9-14,21,25,29-30H,3-8,15-20H2,1-2H3/t29?,30-/m0/s1. The molecule has 9 heteroatoms. The lowest BCUT2D eigenvalue weighted by Crippen LogP contribution is -2.51. The summed E-state index contributed by atoms with van der Waals surface area (Å²) < 4.78 is 11.1. The summed E-state index contributed by atoms with van der Waals surface area (Å²) in [6.45, 7) is 7.23. The van der Waals surface area contributed by atoms with E-state index in [1.165, 1.54) is 50.8 Å². The Bertz CT molecular complexity index is 1170. The topological polar surface area (TPSA) is 62.3 Å². The van der Waals surface area contributed by atoms with Gasteiger partial charge in [-0.15, -0.1) is 11.8 Å². The lowest BCUT2D eigenvalue weighted by Gasteiger charge is -2.41. The number of carbonyl (C=O) groups excluding carboxylic acids is 2. The molecule has 1 saturated carbocycles. The van der Waals surface area contributed by atoms with Crippen molar-refractivity contribution >= 4 is 40.9 Å². The van der Waals surface area contributed by atoms with E-state index < -0.39 is 17.3 Å². The second-order valence-corrected chi connectivity index (χ2v) is 12.6. The van der Waals surface area contributed by atoms with Crippen molar-refractivity contribution in [3.63, 3.8) is 0 Å². The minimum Gasteiger partial charge on any atom is -0.497 e. The molecule has 40 heavy (non-hydrogen) atoms. The molecule has 0 spiro atoms.